The molecular weight excluding hydrogens is 234 g/mol. The zero-order valence-electron chi connectivity index (χ0n) is 11.0. The molecular formula is C12H21N3O3. The van der Waals surface area contributed by atoms with E-state index in [2.05, 4.69) is 9.97 Å². The number of nitrogens with two attached hydrogens (primary N) is 1. The number of hydrogen-bond donors (Lipinski definition) is 1. The van der Waals surface area contributed by atoms with Crippen molar-refractivity contribution in [2.75, 3.05) is 33.5 Å². The molecule has 0 fully saturated rings. The molecule has 6 nitrogen and oxygen atoms in total. The molecule has 0 saturated heterocycles. The Balaban J connectivity index is 2.20. The summed E-state index contributed by atoms with van der Waals surface area (Å²) in [5.41, 5.74) is 7.18. The summed E-state index contributed by atoms with van der Waals surface area (Å²) in [5, 5.41) is 0. The van der Waals surface area contributed by atoms with Crippen LogP contribution in [0.3, 0.4) is 0 Å². The van der Waals surface area contributed by atoms with Crippen LogP contribution in [-0.2, 0) is 16.0 Å². The first kappa shape index (κ1) is 14.8. The standard InChI is InChI=1S/C12H21N3O3/c1-10-8-11(9-13)15-12(14-10)18-5-3-4-17-7-6-16-2/h8H,3-7,9,13H2,1-2H3. The lowest BCUT2D eigenvalue weighted by molar-refractivity contribution is 0.0639. The third kappa shape index (κ3) is 5.90. The highest BCUT2D eigenvalue weighted by Gasteiger charge is 2.02. The van der Waals surface area contributed by atoms with Crippen LogP contribution in [0.5, 0.6) is 6.01 Å². The largest absolute Gasteiger partial charge is 0.463 e. The number of ether oxygens (including phenoxy) is 3. The average Bonchev–Trinajstić information content (AvgIpc) is 2.37. The van der Waals surface area contributed by atoms with E-state index in [1.165, 1.54) is 0 Å². The van der Waals surface area contributed by atoms with Gasteiger partial charge in [0.25, 0.3) is 0 Å². The monoisotopic (exact) mass is 255 g/mol. The zero-order valence-corrected chi connectivity index (χ0v) is 11.0. The zero-order chi connectivity index (χ0) is 13.2. The number of hydrogen-bond acceptors (Lipinski definition) is 6. The van der Waals surface area contributed by atoms with E-state index in [9.17, 15) is 0 Å². The molecule has 18 heavy (non-hydrogen) atoms. The van der Waals surface area contributed by atoms with Gasteiger partial charge in [-0.3, -0.25) is 0 Å². The summed E-state index contributed by atoms with van der Waals surface area (Å²) >= 11 is 0. The smallest absolute Gasteiger partial charge is 0.316 e. The summed E-state index contributed by atoms with van der Waals surface area (Å²) < 4.78 is 15.6. The Morgan fingerprint density at radius 3 is 2.72 bits per heavy atom. The van der Waals surface area contributed by atoms with E-state index in [1.54, 1.807) is 7.11 Å². The van der Waals surface area contributed by atoms with Crippen LogP contribution in [0.15, 0.2) is 6.07 Å². The number of rotatable bonds is 9. The molecule has 6 heteroatoms. The topological polar surface area (TPSA) is 79.5 Å². The van der Waals surface area contributed by atoms with E-state index in [0.29, 0.717) is 39.0 Å². The molecule has 0 spiro atoms. The molecule has 1 heterocycles. The molecule has 0 radical (unpaired) electrons. The predicted molar refractivity (Wildman–Crippen MR) is 67.5 cm³/mol. The molecule has 0 aliphatic heterocycles. The molecule has 102 valence electrons. The van der Waals surface area contributed by atoms with Crippen molar-refractivity contribution < 1.29 is 14.2 Å². The van der Waals surface area contributed by atoms with Crippen LogP contribution in [0.25, 0.3) is 0 Å². The fourth-order valence-corrected chi connectivity index (χ4v) is 1.34. The first-order valence-electron chi connectivity index (χ1n) is 6.00. The van der Waals surface area contributed by atoms with E-state index >= 15 is 0 Å². The Hall–Kier alpha value is -1.24. The maximum absolute atomic E-state index is 5.53. The lowest BCUT2D eigenvalue weighted by atomic mass is 10.3. The van der Waals surface area contributed by atoms with Gasteiger partial charge in [0.2, 0.25) is 0 Å². The van der Waals surface area contributed by atoms with Crippen molar-refractivity contribution in [2.45, 2.75) is 19.9 Å². The molecule has 0 amide bonds. The molecule has 1 aromatic rings. The van der Waals surface area contributed by atoms with Crippen LogP contribution >= 0.6 is 0 Å². The highest BCUT2D eigenvalue weighted by Crippen LogP contribution is 2.06. The molecule has 0 saturated carbocycles. The van der Waals surface area contributed by atoms with Crippen LogP contribution in [-0.4, -0.2) is 43.5 Å². The predicted octanol–water partition coefficient (Wildman–Crippen LogP) is 0.676. The lowest BCUT2D eigenvalue weighted by Crippen LogP contribution is -2.09. The van der Waals surface area contributed by atoms with Gasteiger partial charge in [-0.05, 0) is 13.0 Å². The van der Waals surface area contributed by atoms with Gasteiger partial charge in [0.15, 0.2) is 0 Å². The Bertz CT molecular complexity index is 347. The second-order valence-corrected chi connectivity index (χ2v) is 3.79. The minimum atomic E-state index is 0.382. The Labute approximate surface area is 107 Å². The average molecular weight is 255 g/mol. The molecule has 0 bridgehead atoms. The quantitative estimate of drug-likeness (QED) is 0.653. The van der Waals surface area contributed by atoms with E-state index in [-0.39, 0.29) is 0 Å². The van der Waals surface area contributed by atoms with Crippen molar-refractivity contribution >= 4 is 0 Å². The number of nitrogens with zero attached hydrogens (tertiary/aromatic N) is 2. The van der Waals surface area contributed by atoms with Crippen molar-refractivity contribution in [3.63, 3.8) is 0 Å². The Morgan fingerprint density at radius 2 is 2.00 bits per heavy atom. The molecule has 0 aliphatic rings. The number of methoxy groups -OCH3 is 1. The molecule has 1 aromatic heterocycles. The third-order valence-electron chi connectivity index (χ3n) is 2.19. The van der Waals surface area contributed by atoms with Crippen molar-refractivity contribution in [3.8, 4) is 6.01 Å². The summed E-state index contributed by atoms with van der Waals surface area (Å²) in [4.78, 5) is 8.36. The van der Waals surface area contributed by atoms with Crippen LogP contribution < -0.4 is 10.5 Å². The van der Waals surface area contributed by atoms with Crippen molar-refractivity contribution in [3.05, 3.63) is 17.5 Å². The molecule has 0 atom stereocenters. The van der Waals surface area contributed by atoms with E-state index in [1.807, 2.05) is 13.0 Å². The maximum Gasteiger partial charge on any atom is 0.316 e. The lowest BCUT2D eigenvalue weighted by Gasteiger charge is -2.07. The summed E-state index contributed by atoms with van der Waals surface area (Å²) in [6.45, 7) is 4.66. The van der Waals surface area contributed by atoms with Gasteiger partial charge in [-0.25, -0.2) is 4.98 Å². The van der Waals surface area contributed by atoms with Crippen LogP contribution in [0.1, 0.15) is 17.8 Å². The van der Waals surface area contributed by atoms with E-state index in [4.69, 9.17) is 19.9 Å². The summed E-state index contributed by atoms with van der Waals surface area (Å²) in [6.07, 6.45) is 0.791. The highest BCUT2D eigenvalue weighted by molar-refractivity contribution is 5.12. The van der Waals surface area contributed by atoms with Crippen molar-refractivity contribution in [2.24, 2.45) is 5.73 Å². The van der Waals surface area contributed by atoms with Gasteiger partial charge in [0, 0.05) is 32.4 Å². The van der Waals surface area contributed by atoms with Crippen molar-refractivity contribution in [1.29, 1.82) is 0 Å². The minimum Gasteiger partial charge on any atom is -0.463 e. The van der Waals surface area contributed by atoms with Crippen LogP contribution in [0.4, 0.5) is 0 Å². The first-order chi connectivity index (χ1) is 8.76. The third-order valence-corrected chi connectivity index (χ3v) is 2.19. The second-order valence-electron chi connectivity index (χ2n) is 3.79. The Kier molecular flexibility index (Phi) is 7.24. The van der Waals surface area contributed by atoms with Gasteiger partial charge in [0.05, 0.1) is 25.5 Å². The molecule has 0 aromatic carbocycles. The molecule has 0 aliphatic carbocycles. The first-order valence-corrected chi connectivity index (χ1v) is 6.00. The summed E-state index contributed by atoms with van der Waals surface area (Å²) in [7, 11) is 1.65. The van der Waals surface area contributed by atoms with Gasteiger partial charge >= 0.3 is 6.01 Å². The van der Waals surface area contributed by atoms with Gasteiger partial charge < -0.3 is 19.9 Å². The number of aryl methyl sites for hydroxylation is 1. The molecule has 2 N–H and O–H groups in total. The van der Waals surface area contributed by atoms with E-state index < -0.39 is 0 Å². The summed E-state index contributed by atoms with van der Waals surface area (Å²) in [5.74, 6) is 0. The van der Waals surface area contributed by atoms with Crippen LogP contribution in [0.2, 0.25) is 0 Å². The highest BCUT2D eigenvalue weighted by atomic mass is 16.5. The Morgan fingerprint density at radius 1 is 1.17 bits per heavy atom. The molecule has 1 rings (SSSR count). The van der Waals surface area contributed by atoms with Gasteiger partial charge in [-0.2, -0.15) is 4.98 Å². The van der Waals surface area contributed by atoms with E-state index in [0.717, 1.165) is 17.8 Å². The minimum absolute atomic E-state index is 0.382. The van der Waals surface area contributed by atoms with Gasteiger partial charge in [-0.1, -0.05) is 0 Å². The summed E-state index contributed by atoms with van der Waals surface area (Å²) in [6, 6.07) is 2.23. The van der Waals surface area contributed by atoms with Crippen molar-refractivity contribution in [1.82, 2.24) is 9.97 Å². The fourth-order valence-electron chi connectivity index (χ4n) is 1.34. The normalized spacial score (nSPS) is 10.6. The van der Waals surface area contributed by atoms with Crippen LogP contribution in [0, 0.1) is 6.92 Å². The fraction of sp³-hybridized carbons (Fsp3) is 0.667. The SMILES string of the molecule is COCCOCCCOc1nc(C)cc(CN)n1. The van der Waals surface area contributed by atoms with Gasteiger partial charge in [0.1, 0.15) is 0 Å². The number of aromatic nitrogens is 2. The maximum atomic E-state index is 5.53. The second kappa shape index (κ2) is 8.79. The van der Waals surface area contributed by atoms with Gasteiger partial charge in [-0.15, -0.1) is 0 Å². The molecule has 0 unspecified atom stereocenters.